The number of hydrogen-bond donors (Lipinski definition) is 7. The molecule has 0 aliphatic carbocycles. The van der Waals surface area contributed by atoms with Gasteiger partial charge in [0.15, 0.2) is 0 Å². The number of nitrogens with two attached hydrogens (primary N) is 2. The zero-order chi connectivity index (χ0) is 29.8. The van der Waals surface area contributed by atoms with Gasteiger partial charge in [-0.15, -0.1) is 0 Å². The van der Waals surface area contributed by atoms with Gasteiger partial charge in [0.05, 0.1) is 24.1 Å². The minimum atomic E-state index is -1.04. The maximum atomic E-state index is 13.5. The van der Waals surface area contributed by atoms with E-state index in [1.54, 1.807) is 6.20 Å². The van der Waals surface area contributed by atoms with E-state index in [2.05, 4.69) is 30.9 Å². The van der Waals surface area contributed by atoms with Crippen molar-refractivity contribution in [3.8, 4) is 0 Å². The summed E-state index contributed by atoms with van der Waals surface area (Å²) in [5, 5.41) is 9.17. The van der Waals surface area contributed by atoms with E-state index in [1.165, 1.54) is 6.33 Å². The van der Waals surface area contributed by atoms with E-state index in [0.717, 1.165) is 16.5 Å². The molecule has 12 heteroatoms. The number of benzene rings is 1. The lowest BCUT2D eigenvalue weighted by Crippen LogP contribution is -2.57. The van der Waals surface area contributed by atoms with Crippen LogP contribution in [0.5, 0.6) is 0 Å². The molecule has 12 nitrogen and oxygen atoms in total. The summed E-state index contributed by atoms with van der Waals surface area (Å²) in [6, 6.07) is 4.02. The average molecular weight is 566 g/mol. The molecule has 41 heavy (non-hydrogen) atoms. The molecule has 0 unspecified atom stereocenters. The highest BCUT2D eigenvalue weighted by Gasteiger charge is 2.30. The molecule has 2 aromatic heterocycles. The number of imidazole rings is 1. The van der Waals surface area contributed by atoms with Crippen molar-refractivity contribution in [3.63, 3.8) is 0 Å². The van der Waals surface area contributed by atoms with Crippen molar-refractivity contribution < 1.29 is 19.2 Å². The number of nitrogens with zero attached hydrogens (tertiary/aromatic N) is 1. The first kappa shape index (κ1) is 31.5. The molecule has 3 amide bonds. The Morgan fingerprint density at radius 2 is 1.71 bits per heavy atom. The first-order valence-corrected chi connectivity index (χ1v) is 14.0. The number of H-pyrrole nitrogens is 2. The molecule has 1 aromatic carbocycles. The van der Waals surface area contributed by atoms with E-state index in [0.29, 0.717) is 37.9 Å². The van der Waals surface area contributed by atoms with Gasteiger partial charge in [0.25, 0.3) is 0 Å². The Morgan fingerprint density at radius 3 is 2.39 bits per heavy atom. The van der Waals surface area contributed by atoms with Crippen molar-refractivity contribution >= 4 is 34.9 Å². The van der Waals surface area contributed by atoms with Crippen LogP contribution in [0, 0.1) is 5.92 Å². The van der Waals surface area contributed by atoms with Crippen LogP contribution in [0.4, 0.5) is 0 Å². The van der Waals surface area contributed by atoms with Crippen molar-refractivity contribution in [3.05, 3.63) is 54.2 Å². The van der Waals surface area contributed by atoms with Crippen LogP contribution >= 0.6 is 0 Å². The molecule has 0 saturated heterocycles. The van der Waals surface area contributed by atoms with Gasteiger partial charge in [-0.3, -0.25) is 19.2 Å². The number of aromatic nitrogens is 3. The van der Waals surface area contributed by atoms with Gasteiger partial charge in [-0.05, 0) is 56.2 Å². The maximum Gasteiger partial charge on any atom is 0.243 e. The molecule has 0 spiro atoms. The maximum absolute atomic E-state index is 13.5. The molecule has 221 valence electrons. The van der Waals surface area contributed by atoms with E-state index in [-0.39, 0.29) is 18.8 Å². The number of hydrogen-bond acceptors (Lipinski definition) is 7. The summed E-state index contributed by atoms with van der Waals surface area (Å²) < 4.78 is 0. The van der Waals surface area contributed by atoms with Gasteiger partial charge >= 0.3 is 0 Å². The monoisotopic (exact) mass is 565 g/mol. The van der Waals surface area contributed by atoms with Gasteiger partial charge in [-0.1, -0.05) is 32.0 Å². The van der Waals surface area contributed by atoms with E-state index in [4.69, 9.17) is 11.5 Å². The zero-order valence-corrected chi connectivity index (χ0v) is 23.6. The van der Waals surface area contributed by atoms with Crippen LogP contribution in [0.15, 0.2) is 43.0 Å². The molecule has 1 radical (unpaired) electrons. The second kappa shape index (κ2) is 15.7. The first-order valence-electron chi connectivity index (χ1n) is 14.0. The molecule has 2 heterocycles. The molecule has 3 aromatic rings. The van der Waals surface area contributed by atoms with Gasteiger partial charge in [0.2, 0.25) is 24.0 Å². The SMILES string of the molecule is CC(C)C[C@@H]([C]=O)NC(=O)[C@H](Cc1c[nH]cn1)NC(=O)[C@H](CCCCN)NC(=O)[C@@H](N)Cc1c[nH]c2ccccc12. The summed E-state index contributed by atoms with van der Waals surface area (Å²) in [6.45, 7) is 4.29. The Balaban J connectivity index is 1.72. The van der Waals surface area contributed by atoms with Gasteiger partial charge in [0.1, 0.15) is 12.1 Å². The number of unbranched alkanes of at least 4 members (excludes halogenated alkanes) is 1. The fraction of sp³-hybridized carbons (Fsp3) is 0.483. The Hall–Kier alpha value is -4.03. The molecule has 0 fully saturated rings. The molecule has 9 N–H and O–H groups in total. The third-order valence-electron chi connectivity index (χ3n) is 6.80. The molecule has 0 aliphatic heterocycles. The highest BCUT2D eigenvalue weighted by Crippen LogP contribution is 2.19. The lowest BCUT2D eigenvalue weighted by atomic mass is 10.0. The lowest BCUT2D eigenvalue weighted by Gasteiger charge is -2.25. The summed E-state index contributed by atoms with van der Waals surface area (Å²) in [5.41, 5.74) is 14.3. The minimum Gasteiger partial charge on any atom is -0.361 e. The number of carbonyl (C=O) groups is 3. The van der Waals surface area contributed by atoms with Crippen molar-refractivity contribution in [2.75, 3.05) is 6.54 Å². The van der Waals surface area contributed by atoms with Crippen LogP contribution in [-0.2, 0) is 32.0 Å². The second-order valence-corrected chi connectivity index (χ2v) is 10.7. The second-order valence-electron chi connectivity index (χ2n) is 10.7. The molecular weight excluding hydrogens is 524 g/mol. The Bertz CT molecular complexity index is 1270. The normalized spacial score (nSPS) is 14.3. The van der Waals surface area contributed by atoms with Gasteiger partial charge in [0, 0.05) is 29.7 Å². The quantitative estimate of drug-likeness (QED) is 0.117. The minimum absolute atomic E-state index is 0.0812. The van der Waals surface area contributed by atoms with Crippen molar-refractivity contribution in [2.45, 2.75) is 76.5 Å². The van der Waals surface area contributed by atoms with E-state index in [1.807, 2.05) is 50.6 Å². The number of rotatable bonds is 17. The number of nitrogens with one attached hydrogen (secondary N) is 5. The third kappa shape index (κ3) is 9.54. The molecule has 0 bridgehead atoms. The Morgan fingerprint density at radius 1 is 0.976 bits per heavy atom. The standard InChI is InChI=1S/C29H41N8O4/c1-18(2)11-21(16-38)35-29(41)26(13-20-15-32-17-34-20)37-28(40)25(9-5-6-10-30)36-27(39)23(31)12-19-14-33-24-8-4-3-7-22(19)24/h3-4,7-8,14-15,17-18,21,23,25-26,33H,5-6,9-13,30-31H2,1-2H3,(H,32,34)(H,35,41)(H,36,39)(H,37,40)/t21-,23-,25-,26-/m0/s1. The van der Waals surface area contributed by atoms with Gasteiger partial charge in [-0.2, -0.15) is 0 Å². The van der Waals surface area contributed by atoms with Crippen LogP contribution in [-0.4, -0.2) is 69.7 Å². The first-order chi connectivity index (χ1) is 19.7. The number of para-hydroxylation sites is 1. The Kier molecular flexibility index (Phi) is 12.0. The number of aromatic amines is 2. The summed E-state index contributed by atoms with van der Waals surface area (Å²) >= 11 is 0. The molecule has 3 rings (SSSR count). The van der Waals surface area contributed by atoms with Crippen LogP contribution in [0.3, 0.4) is 0 Å². The summed E-state index contributed by atoms with van der Waals surface area (Å²) in [6.07, 6.45) is 9.08. The highest BCUT2D eigenvalue weighted by atomic mass is 16.2. The summed E-state index contributed by atoms with van der Waals surface area (Å²) in [5.74, 6) is -1.42. The number of fused-ring (bicyclic) bond motifs is 1. The van der Waals surface area contributed by atoms with Crippen LogP contribution < -0.4 is 27.4 Å². The Labute approximate surface area is 239 Å². The van der Waals surface area contributed by atoms with E-state index < -0.39 is 41.9 Å². The molecule has 0 aliphatic rings. The van der Waals surface area contributed by atoms with Crippen LogP contribution in [0.1, 0.15) is 50.8 Å². The lowest BCUT2D eigenvalue weighted by molar-refractivity contribution is -0.132. The molecule has 0 saturated carbocycles. The predicted octanol–water partition coefficient (Wildman–Crippen LogP) is 0.743. The average Bonchev–Trinajstić information content (AvgIpc) is 3.61. The molecule has 4 atom stereocenters. The summed E-state index contributed by atoms with van der Waals surface area (Å²) in [7, 11) is 0. The van der Waals surface area contributed by atoms with E-state index >= 15 is 0 Å². The number of carbonyl (C=O) groups excluding carboxylic acids is 4. The van der Waals surface area contributed by atoms with Crippen LogP contribution in [0.2, 0.25) is 0 Å². The number of amides is 3. The van der Waals surface area contributed by atoms with Crippen molar-refractivity contribution in [1.29, 1.82) is 0 Å². The van der Waals surface area contributed by atoms with Gasteiger partial charge < -0.3 is 37.4 Å². The van der Waals surface area contributed by atoms with Crippen LogP contribution in [0.25, 0.3) is 10.9 Å². The largest absolute Gasteiger partial charge is 0.361 e. The zero-order valence-electron chi connectivity index (χ0n) is 23.6. The fourth-order valence-electron chi connectivity index (χ4n) is 4.64. The fourth-order valence-corrected chi connectivity index (χ4v) is 4.64. The topological polar surface area (TPSA) is 201 Å². The van der Waals surface area contributed by atoms with Gasteiger partial charge in [-0.25, -0.2) is 4.98 Å². The highest BCUT2D eigenvalue weighted by molar-refractivity contribution is 5.94. The molecular formula is C29H41N8O4. The summed E-state index contributed by atoms with van der Waals surface area (Å²) in [4.78, 5) is 61.4. The van der Waals surface area contributed by atoms with Crippen molar-refractivity contribution in [2.24, 2.45) is 17.4 Å². The smallest absolute Gasteiger partial charge is 0.243 e. The predicted molar refractivity (Wildman–Crippen MR) is 156 cm³/mol. The van der Waals surface area contributed by atoms with Crippen molar-refractivity contribution in [1.82, 2.24) is 30.9 Å². The third-order valence-corrected chi connectivity index (χ3v) is 6.80. The van der Waals surface area contributed by atoms with E-state index in [9.17, 15) is 19.2 Å².